The van der Waals surface area contributed by atoms with Gasteiger partial charge in [0.2, 0.25) is 0 Å². The van der Waals surface area contributed by atoms with E-state index in [9.17, 15) is 19.5 Å². The molecule has 58 heavy (non-hydrogen) atoms. The number of likely N-dealkylation sites (N-methyl/N-ethyl adjacent to an activating group) is 1. The standard InChI is InChI=1S/C50H93NO7/c1-6-8-10-12-14-16-18-20-22-24-26-28-30-32-34-36-38-40-48(52)57-45-46(44-56-43-42-47(50(54)55)51(3,4)5)58-49(53)41-39-37-35-33-31-29-27-25-23-21-19-17-15-13-11-9-7-2/h14,16,20,22,46-47H,6-13,15,17-19,21,23-45H2,1-5H3/b16-14+,22-20+. The quantitative estimate of drug-likeness (QED) is 0.0261. The Morgan fingerprint density at radius 2 is 0.914 bits per heavy atom. The van der Waals surface area contributed by atoms with Gasteiger partial charge in [-0.2, -0.15) is 0 Å². The van der Waals surface area contributed by atoms with Crippen LogP contribution in [-0.2, 0) is 28.6 Å². The number of rotatable bonds is 44. The summed E-state index contributed by atoms with van der Waals surface area (Å²) < 4.78 is 17.2. The number of quaternary nitrogens is 1. The fourth-order valence-electron chi connectivity index (χ4n) is 7.28. The van der Waals surface area contributed by atoms with Gasteiger partial charge in [0.05, 0.1) is 40.3 Å². The zero-order valence-electron chi connectivity index (χ0n) is 38.7. The van der Waals surface area contributed by atoms with Crippen LogP contribution >= 0.6 is 0 Å². The Morgan fingerprint density at radius 1 is 0.517 bits per heavy atom. The van der Waals surface area contributed by atoms with Gasteiger partial charge in [-0.3, -0.25) is 9.59 Å². The van der Waals surface area contributed by atoms with Crippen LogP contribution in [0.4, 0.5) is 0 Å². The van der Waals surface area contributed by atoms with Gasteiger partial charge < -0.3 is 28.6 Å². The summed E-state index contributed by atoms with van der Waals surface area (Å²) in [5.74, 6) is -1.73. The van der Waals surface area contributed by atoms with Gasteiger partial charge in [0.15, 0.2) is 6.10 Å². The van der Waals surface area contributed by atoms with E-state index in [-0.39, 0.29) is 42.7 Å². The lowest BCUT2D eigenvalue weighted by atomic mass is 10.0. The molecule has 8 heteroatoms. The molecular weight excluding hydrogens is 727 g/mol. The van der Waals surface area contributed by atoms with Crippen LogP contribution < -0.4 is 5.11 Å². The number of hydrogen-bond donors (Lipinski definition) is 0. The summed E-state index contributed by atoms with van der Waals surface area (Å²) in [5, 5.41) is 11.6. The number of aliphatic carboxylic acids is 1. The minimum Gasteiger partial charge on any atom is -0.544 e. The van der Waals surface area contributed by atoms with E-state index in [1.807, 2.05) is 0 Å². The lowest BCUT2D eigenvalue weighted by Gasteiger charge is -2.34. The van der Waals surface area contributed by atoms with Crippen molar-refractivity contribution in [2.24, 2.45) is 0 Å². The molecule has 0 amide bonds. The van der Waals surface area contributed by atoms with Crippen LogP contribution in [0.2, 0.25) is 0 Å². The maximum atomic E-state index is 12.8. The van der Waals surface area contributed by atoms with Crippen molar-refractivity contribution in [1.29, 1.82) is 0 Å². The van der Waals surface area contributed by atoms with Crippen LogP contribution in [0.1, 0.15) is 226 Å². The molecule has 0 bridgehead atoms. The summed E-state index contributed by atoms with van der Waals surface area (Å²) in [6.07, 6.45) is 46.2. The van der Waals surface area contributed by atoms with E-state index in [1.54, 1.807) is 21.1 Å². The SMILES string of the molecule is CCCCC/C=C/C/C=C/CCCCCCCCCC(=O)OCC(COCCC(C(=O)[O-])[N+](C)(C)C)OC(=O)CCCCCCCCCCCCCCCCCCC. The second kappa shape index (κ2) is 41.5. The third-order valence-electron chi connectivity index (χ3n) is 11.1. The predicted molar refractivity (Wildman–Crippen MR) is 240 cm³/mol. The first kappa shape index (κ1) is 55.8. The second-order valence-electron chi connectivity index (χ2n) is 17.7. The lowest BCUT2D eigenvalue weighted by Crippen LogP contribution is -2.55. The van der Waals surface area contributed by atoms with Gasteiger partial charge in [-0.15, -0.1) is 0 Å². The van der Waals surface area contributed by atoms with Gasteiger partial charge in [0.1, 0.15) is 12.6 Å². The van der Waals surface area contributed by atoms with Crippen molar-refractivity contribution in [1.82, 2.24) is 0 Å². The Labute approximate surface area is 358 Å². The number of esters is 2. The molecule has 2 unspecified atom stereocenters. The number of hydrogen-bond acceptors (Lipinski definition) is 7. The number of carbonyl (C=O) groups is 3. The number of carbonyl (C=O) groups excluding carboxylic acids is 3. The van der Waals surface area contributed by atoms with Gasteiger partial charge in [-0.25, -0.2) is 0 Å². The maximum absolute atomic E-state index is 12.8. The van der Waals surface area contributed by atoms with E-state index in [0.717, 1.165) is 51.4 Å². The number of allylic oxidation sites excluding steroid dienone is 4. The normalized spacial score (nSPS) is 13.1. The largest absolute Gasteiger partial charge is 0.544 e. The Bertz CT molecular complexity index is 1000. The van der Waals surface area contributed by atoms with E-state index in [1.165, 1.54) is 141 Å². The van der Waals surface area contributed by atoms with Crippen LogP contribution in [-0.4, -0.2) is 75.5 Å². The third-order valence-corrected chi connectivity index (χ3v) is 11.1. The maximum Gasteiger partial charge on any atom is 0.306 e. The Balaban J connectivity index is 4.27. The van der Waals surface area contributed by atoms with E-state index in [2.05, 4.69) is 38.2 Å². The third kappa shape index (κ3) is 39.3. The fourth-order valence-corrected chi connectivity index (χ4v) is 7.28. The number of unbranched alkanes of at least 4 members (excludes halogenated alkanes) is 26. The van der Waals surface area contributed by atoms with E-state index >= 15 is 0 Å². The molecule has 0 aromatic heterocycles. The highest BCUT2D eigenvalue weighted by Gasteiger charge is 2.25. The minimum atomic E-state index is -1.12. The molecule has 0 heterocycles. The molecular formula is C50H93NO7. The first-order chi connectivity index (χ1) is 28.1. The average molecular weight is 820 g/mol. The van der Waals surface area contributed by atoms with E-state index in [0.29, 0.717) is 12.8 Å². The molecule has 0 fully saturated rings. The number of carboxylic acids is 1. The molecule has 0 aromatic carbocycles. The highest BCUT2D eigenvalue weighted by molar-refractivity contribution is 5.70. The molecule has 0 saturated carbocycles. The van der Waals surface area contributed by atoms with Gasteiger partial charge in [0, 0.05) is 19.3 Å². The van der Waals surface area contributed by atoms with Crippen molar-refractivity contribution in [3.05, 3.63) is 24.3 Å². The molecule has 0 saturated heterocycles. The molecule has 0 N–H and O–H groups in total. The molecule has 8 nitrogen and oxygen atoms in total. The van der Waals surface area contributed by atoms with Crippen molar-refractivity contribution in [3.63, 3.8) is 0 Å². The number of carboxylic acid groups (broad SMARTS) is 1. The summed E-state index contributed by atoms with van der Waals surface area (Å²) in [6, 6.07) is -0.724. The van der Waals surface area contributed by atoms with Gasteiger partial charge in [-0.05, 0) is 44.9 Å². The molecule has 340 valence electrons. The van der Waals surface area contributed by atoms with Crippen molar-refractivity contribution in [2.45, 2.75) is 238 Å². The smallest absolute Gasteiger partial charge is 0.306 e. The summed E-state index contributed by atoms with van der Waals surface area (Å²) in [5.41, 5.74) is 0. The number of nitrogens with zero attached hydrogens (tertiary/aromatic N) is 1. The van der Waals surface area contributed by atoms with Gasteiger partial charge >= 0.3 is 11.9 Å². The van der Waals surface area contributed by atoms with Gasteiger partial charge in [0.25, 0.3) is 0 Å². The topological polar surface area (TPSA) is 102 Å². The molecule has 0 rings (SSSR count). The molecule has 0 aromatic rings. The minimum absolute atomic E-state index is 0.0426. The molecule has 0 radical (unpaired) electrons. The molecule has 0 aliphatic rings. The van der Waals surface area contributed by atoms with Crippen molar-refractivity contribution in [2.75, 3.05) is 41.0 Å². The first-order valence-electron chi connectivity index (χ1n) is 24.4. The Hall–Kier alpha value is -2.19. The van der Waals surface area contributed by atoms with Crippen LogP contribution in [0.3, 0.4) is 0 Å². The summed E-state index contributed by atoms with van der Waals surface area (Å²) in [4.78, 5) is 37.0. The predicted octanol–water partition coefficient (Wildman–Crippen LogP) is 12.3. The number of ether oxygens (including phenoxy) is 3. The highest BCUT2D eigenvalue weighted by Crippen LogP contribution is 2.16. The Morgan fingerprint density at radius 3 is 1.36 bits per heavy atom. The zero-order chi connectivity index (χ0) is 42.8. The van der Waals surface area contributed by atoms with Gasteiger partial charge in [-0.1, -0.05) is 186 Å². The second-order valence-corrected chi connectivity index (χ2v) is 17.7. The lowest BCUT2D eigenvalue weighted by molar-refractivity contribution is -0.889. The molecule has 0 aliphatic carbocycles. The molecule has 0 aliphatic heterocycles. The monoisotopic (exact) mass is 820 g/mol. The van der Waals surface area contributed by atoms with Crippen molar-refractivity contribution < 1.29 is 38.2 Å². The van der Waals surface area contributed by atoms with E-state index in [4.69, 9.17) is 14.2 Å². The summed E-state index contributed by atoms with van der Waals surface area (Å²) in [6.45, 7) is 4.66. The Kier molecular flexibility index (Phi) is 40.0. The van der Waals surface area contributed by atoms with Crippen molar-refractivity contribution in [3.8, 4) is 0 Å². The summed E-state index contributed by atoms with van der Waals surface area (Å²) >= 11 is 0. The van der Waals surface area contributed by atoms with Crippen LogP contribution in [0.15, 0.2) is 24.3 Å². The molecule has 2 atom stereocenters. The zero-order valence-corrected chi connectivity index (χ0v) is 38.7. The van der Waals surface area contributed by atoms with Crippen LogP contribution in [0.5, 0.6) is 0 Å². The first-order valence-corrected chi connectivity index (χ1v) is 24.4. The van der Waals surface area contributed by atoms with Crippen LogP contribution in [0.25, 0.3) is 0 Å². The fraction of sp³-hybridized carbons (Fsp3) is 0.860. The van der Waals surface area contributed by atoms with Crippen molar-refractivity contribution >= 4 is 17.9 Å². The summed E-state index contributed by atoms with van der Waals surface area (Å²) in [7, 11) is 5.42. The molecule has 0 spiro atoms. The van der Waals surface area contributed by atoms with Crippen LogP contribution in [0, 0.1) is 0 Å². The van der Waals surface area contributed by atoms with E-state index < -0.39 is 18.1 Å². The highest BCUT2D eigenvalue weighted by atomic mass is 16.6. The average Bonchev–Trinajstić information content (AvgIpc) is 3.18.